The van der Waals surface area contributed by atoms with E-state index >= 15 is 0 Å². The second kappa shape index (κ2) is 7.46. The summed E-state index contributed by atoms with van der Waals surface area (Å²) >= 11 is 3.64. The molecule has 0 spiro atoms. The lowest BCUT2D eigenvalue weighted by molar-refractivity contribution is 0.581. The van der Waals surface area contributed by atoms with E-state index in [0.717, 1.165) is 6.54 Å². The molecule has 0 radical (unpaired) electrons. The molecule has 2 rings (SSSR count). The van der Waals surface area contributed by atoms with Crippen LogP contribution >= 0.6 is 15.9 Å². The third-order valence-electron chi connectivity index (χ3n) is 4.11. The van der Waals surface area contributed by atoms with Crippen molar-refractivity contribution >= 4 is 21.6 Å². The predicted octanol–water partition coefficient (Wildman–Crippen LogP) is 4.72. The van der Waals surface area contributed by atoms with Crippen LogP contribution in [0.25, 0.3) is 0 Å². The summed E-state index contributed by atoms with van der Waals surface area (Å²) in [5.41, 5.74) is 2.82. The first-order chi connectivity index (χ1) is 9.58. The van der Waals surface area contributed by atoms with Crippen molar-refractivity contribution in [1.29, 1.82) is 0 Å². The minimum Gasteiger partial charge on any atom is -0.369 e. The Morgan fingerprint density at radius 2 is 2.10 bits per heavy atom. The first kappa shape index (κ1) is 15.8. The van der Waals surface area contributed by atoms with E-state index in [9.17, 15) is 0 Å². The zero-order valence-electron chi connectivity index (χ0n) is 13.0. The molecular formula is C17H27BrN2. The Kier molecular flexibility index (Phi) is 5.91. The molecule has 1 atom stereocenters. The quantitative estimate of drug-likeness (QED) is 0.854. The SMILES string of the molecule is CC(C)NCc1ccc(Br)cc1N1CCCCCC1C. The molecule has 1 aromatic rings. The Morgan fingerprint density at radius 3 is 2.85 bits per heavy atom. The van der Waals surface area contributed by atoms with Crippen molar-refractivity contribution in [2.24, 2.45) is 0 Å². The van der Waals surface area contributed by atoms with Gasteiger partial charge in [-0.05, 0) is 37.5 Å². The molecule has 1 aromatic carbocycles. The Labute approximate surface area is 132 Å². The van der Waals surface area contributed by atoms with Crippen molar-refractivity contribution in [3.63, 3.8) is 0 Å². The molecule has 2 nitrogen and oxygen atoms in total. The van der Waals surface area contributed by atoms with Gasteiger partial charge in [0.1, 0.15) is 0 Å². The van der Waals surface area contributed by atoms with Gasteiger partial charge in [0.25, 0.3) is 0 Å². The standard InChI is InChI=1S/C17H27BrN2/c1-13(2)19-12-15-8-9-16(18)11-17(15)20-10-6-4-5-7-14(20)3/h8-9,11,13-14,19H,4-7,10,12H2,1-3H3. The molecule has 0 amide bonds. The van der Waals surface area contributed by atoms with Gasteiger partial charge in [0, 0.05) is 35.3 Å². The van der Waals surface area contributed by atoms with Gasteiger partial charge in [-0.25, -0.2) is 0 Å². The van der Waals surface area contributed by atoms with E-state index < -0.39 is 0 Å². The molecule has 1 aliphatic heterocycles. The van der Waals surface area contributed by atoms with Gasteiger partial charge >= 0.3 is 0 Å². The van der Waals surface area contributed by atoms with Crippen LogP contribution in [0.15, 0.2) is 22.7 Å². The van der Waals surface area contributed by atoms with E-state index in [1.54, 1.807) is 0 Å². The smallest absolute Gasteiger partial charge is 0.0425 e. The van der Waals surface area contributed by atoms with Crippen molar-refractivity contribution in [2.45, 2.75) is 65.1 Å². The summed E-state index contributed by atoms with van der Waals surface area (Å²) in [7, 11) is 0. The van der Waals surface area contributed by atoms with Crippen molar-refractivity contribution in [3.8, 4) is 0 Å². The predicted molar refractivity (Wildman–Crippen MR) is 91.4 cm³/mol. The Bertz CT molecular complexity index is 431. The van der Waals surface area contributed by atoms with Gasteiger partial charge in [0.05, 0.1) is 0 Å². The second-order valence-corrected chi connectivity index (χ2v) is 7.12. The van der Waals surface area contributed by atoms with Crippen LogP contribution in [-0.4, -0.2) is 18.6 Å². The summed E-state index contributed by atoms with van der Waals surface area (Å²) in [6, 6.07) is 7.87. The van der Waals surface area contributed by atoms with Gasteiger partial charge in [0.15, 0.2) is 0 Å². The summed E-state index contributed by atoms with van der Waals surface area (Å²) in [4.78, 5) is 2.61. The van der Waals surface area contributed by atoms with Gasteiger partial charge in [-0.15, -0.1) is 0 Å². The molecule has 1 heterocycles. The van der Waals surface area contributed by atoms with Crippen LogP contribution in [0.1, 0.15) is 52.0 Å². The lowest BCUT2D eigenvalue weighted by Crippen LogP contribution is -2.34. The number of rotatable bonds is 4. The summed E-state index contributed by atoms with van der Waals surface area (Å²) in [5.74, 6) is 0. The fourth-order valence-corrected chi connectivity index (χ4v) is 3.25. The molecular weight excluding hydrogens is 312 g/mol. The average molecular weight is 339 g/mol. The minimum absolute atomic E-state index is 0.521. The van der Waals surface area contributed by atoms with Crippen LogP contribution in [0.5, 0.6) is 0 Å². The van der Waals surface area contributed by atoms with Crippen LogP contribution in [0.2, 0.25) is 0 Å². The Morgan fingerprint density at radius 1 is 1.30 bits per heavy atom. The molecule has 0 aliphatic carbocycles. The highest BCUT2D eigenvalue weighted by Gasteiger charge is 2.19. The molecule has 1 saturated heterocycles. The maximum absolute atomic E-state index is 3.64. The topological polar surface area (TPSA) is 15.3 Å². The lowest BCUT2D eigenvalue weighted by atomic mass is 10.1. The monoisotopic (exact) mass is 338 g/mol. The molecule has 1 aliphatic rings. The minimum atomic E-state index is 0.521. The maximum atomic E-state index is 3.64. The number of hydrogen-bond acceptors (Lipinski definition) is 2. The highest BCUT2D eigenvalue weighted by Crippen LogP contribution is 2.30. The number of hydrogen-bond donors (Lipinski definition) is 1. The van der Waals surface area contributed by atoms with E-state index in [2.05, 4.69) is 65.1 Å². The molecule has 3 heteroatoms. The van der Waals surface area contributed by atoms with Gasteiger partial charge in [-0.2, -0.15) is 0 Å². The molecule has 0 aromatic heterocycles. The van der Waals surface area contributed by atoms with Crippen LogP contribution in [0.3, 0.4) is 0 Å². The van der Waals surface area contributed by atoms with Gasteiger partial charge in [-0.3, -0.25) is 0 Å². The molecule has 0 bridgehead atoms. The van der Waals surface area contributed by atoms with Crippen molar-refractivity contribution in [3.05, 3.63) is 28.2 Å². The van der Waals surface area contributed by atoms with Crippen LogP contribution in [-0.2, 0) is 6.54 Å². The third-order valence-corrected chi connectivity index (χ3v) is 4.60. The molecule has 112 valence electrons. The Hall–Kier alpha value is -0.540. The number of halogens is 1. The fraction of sp³-hybridized carbons (Fsp3) is 0.647. The number of benzene rings is 1. The summed E-state index contributed by atoms with van der Waals surface area (Å²) in [5, 5.41) is 3.55. The zero-order valence-corrected chi connectivity index (χ0v) is 14.5. The van der Waals surface area contributed by atoms with Crippen molar-refractivity contribution < 1.29 is 0 Å². The van der Waals surface area contributed by atoms with E-state index in [1.165, 1.54) is 48.0 Å². The first-order valence-electron chi connectivity index (χ1n) is 7.86. The summed E-state index contributed by atoms with van der Waals surface area (Å²) in [6.45, 7) is 8.90. The zero-order chi connectivity index (χ0) is 14.5. The van der Waals surface area contributed by atoms with E-state index in [-0.39, 0.29) is 0 Å². The number of nitrogens with one attached hydrogen (secondary N) is 1. The largest absolute Gasteiger partial charge is 0.369 e. The first-order valence-corrected chi connectivity index (χ1v) is 8.65. The molecule has 20 heavy (non-hydrogen) atoms. The van der Waals surface area contributed by atoms with Crippen LogP contribution < -0.4 is 10.2 Å². The Balaban J connectivity index is 2.24. The van der Waals surface area contributed by atoms with Crippen LogP contribution in [0.4, 0.5) is 5.69 Å². The normalized spacial score (nSPS) is 20.2. The van der Waals surface area contributed by atoms with Gasteiger partial charge < -0.3 is 10.2 Å². The highest BCUT2D eigenvalue weighted by atomic mass is 79.9. The fourth-order valence-electron chi connectivity index (χ4n) is 2.90. The van der Waals surface area contributed by atoms with Crippen molar-refractivity contribution in [2.75, 3.05) is 11.4 Å². The maximum Gasteiger partial charge on any atom is 0.0425 e. The number of nitrogens with zero attached hydrogens (tertiary/aromatic N) is 1. The summed E-state index contributed by atoms with van der Waals surface area (Å²) in [6.07, 6.45) is 5.36. The molecule has 0 saturated carbocycles. The molecule has 1 unspecified atom stereocenters. The van der Waals surface area contributed by atoms with E-state index in [4.69, 9.17) is 0 Å². The van der Waals surface area contributed by atoms with E-state index in [0.29, 0.717) is 12.1 Å². The van der Waals surface area contributed by atoms with Gasteiger partial charge in [0.2, 0.25) is 0 Å². The third kappa shape index (κ3) is 4.23. The second-order valence-electron chi connectivity index (χ2n) is 6.20. The van der Waals surface area contributed by atoms with Crippen molar-refractivity contribution in [1.82, 2.24) is 5.32 Å². The molecule has 1 N–H and O–H groups in total. The van der Waals surface area contributed by atoms with E-state index in [1.807, 2.05) is 0 Å². The average Bonchev–Trinajstić information content (AvgIpc) is 2.61. The summed E-state index contributed by atoms with van der Waals surface area (Å²) < 4.78 is 1.18. The lowest BCUT2D eigenvalue weighted by Gasteiger charge is -2.32. The van der Waals surface area contributed by atoms with Gasteiger partial charge in [-0.1, -0.05) is 48.7 Å². The highest BCUT2D eigenvalue weighted by molar-refractivity contribution is 9.10. The number of anilines is 1. The molecule has 1 fully saturated rings. The van der Waals surface area contributed by atoms with Crippen LogP contribution in [0, 0.1) is 0 Å².